The van der Waals surface area contributed by atoms with Crippen molar-refractivity contribution in [3.63, 3.8) is 0 Å². The Kier molecular flexibility index (Phi) is 2.55. The van der Waals surface area contributed by atoms with E-state index in [9.17, 15) is 4.79 Å². The van der Waals surface area contributed by atoms with Crippen LogP contribution in [0.1, 0.15) is 21.2 Å². The minimum Gasteiger partial charge on any atom is -0.293 e. The number of hydrogen-bond acceptors (Lipinski definition) is 6. The van der Waals surface area contributed by atoms with Gasteiger partial charge in [0.1, 0.15) is 17.0 Å². The van der Waals surface area contributed by atoms with E-state index in [2.05, 4.69) is 19.7 Å². The summed E-state index contributed by atoms with van der Waals surface area (Å²) < 4.78 is 5.31. The van der Waals surface area contributed by atoms with Crippen LogP contribution in [-0.4, -0.2) is 30.1 Å². The average molecular weight is 223 g/mol. The highest BCUT2D eigenvalue weighted by molar-refractivity contribution is 7.08. The van der Waals surface area contributed by atoms with E-state index in [0.29, 0.717) is 16.4 Å². The van der Waals surface area contributed by atoms with Crippen LogP contribution in [0.3, 0.4) is 0 Å². The number of carbonyl (C=O) groups is 1. The Morgan fingerprint density at radius 3 is 2.93 bits per heavy atom. The molecule has 0 bridgehead atoms. The molecule has 2 aromatic rings. The van der Waals surface area contributed by atoms with Crippen LogP contribution in [0.5, 0.6) is 0 Å². The van der Waals surface area contributed by atoms with Crippen LogP contribution in [0.2, 0.25) is 0 Å². The fourth-order valence-corrected chi connectivity index (χ4v) is 1.78. The van der Waals surface area contributed by atoms with Gasteiger partial charge >= 0.3 is 0 Å². The van der Waals surface area contributed by atoms with E-state index < -0.39 is 0 Å². The van der Waals surface area contributed by atoms with Crippen molar-refractivity contribution in [1.82, 2.24) is 24.4 Å². The zero-order valence-corrected chi connectivity index (χ0v) is 9.15. The molecule has 2 aromatic heterocycles. The molecule has 7 heteroatoms. The molecule has 0 aromatic carbocycles. The van der Waals surface area contributed by atoms with Crippen molar-refractivity contribution in [2.45, 2.75) is 13.3 Å². The Labute approximate surface area is 90.1 Å². The SMILES string of the molecule is Cc1nnsc1C(=O)Cc1ncnn1C. The fourth-order valence-electron chi connectivity index (χ4n) is 1.19. The highest BCUT2D eigenvalue weighted by Gasteiger charge is 2.15. The third kappa shape index (κ3) is 1.91. The van der Waals surface area contributed by atoms with E-state index in [0.717, 1.165) is 11.5 Å². The minimum absolute atomic E-state index is 0.0152. The van der Waals surface area contributed by atoms with Crippen LogP contribution < -0.4 is 0 Å². The molecule has 0 spiro atoms. The number of carbonyl (C=O) groups excluding carboxylic acids is 1. The molecule has 2 rings (SSSR count). The molecular weight excluding hydrogens is 214 g/mol. The summed E-state index contributed by atoms with van der Waals surface area (Å²) in [4.78, 5) is 16.4. The molecule has 0 aliphatic carbocycles. The van der Waals surface area contributed by atoms with Crippen LogP contribution in [-0.2, 0) is 13.5 Å². The van der Waals surface area contributed by atoms with Crippen LogP contribution in [0, 0.1) is 6.92 Å². The molecule has 0 saturated heterocycles. The van der Waals surface area contributed by atoms with Gasteiger partial charge in [0.25, 0.3) is 0 Å². The van der Waals surface area contributed by atoms with Crippen LogP contribution in [0.15, 0.2) is 6.33 Å². The summed E-state index contributed by atoms with van der Waals surface area (Å²) in [6, 6.07) is 0. The van der Waals surface area contributed by atoms with Crippen molar-refractivity contribution >= 4 is 17.3 Å². The van der Waals surface area contributed by atoms with Gasteiger partial charge in [-0.25, -0.2) is 4.98 Å². The number of ketones is 1. The van der Waals surface area contributed by atoms with E-state index in [-0.39, 0.29) is 12.2 Å². The molecule has 6 nitrogen and oxygen atoms in total. The summed E-state index contributed by atoms with van der Waals surface area (Å²) in [5, 5.41) is 7.69. The standard InChI is InChI=1S/C8H9N5OS/c1-5-8(15-12-11-5)6(14)3-7-9-4-10-13(7)2/h4H,3H2,1-2H3. The predicted octanol–water partition coefficient (Wildman–Crippen LogP) is 0.400. The van der Waals surface area contributed by atoms with Gasteiger partial charge in [-0.3, -0.25) is 9.48 Å². The number of hydrogen-bond donors (Lipinski definition) is 0. The number of Topliss-reactive ketones (excluding diaryl/α,β-unsaturated/α-hetero) is 1. The molecule has 0 unspecified atom stereocenters. The van der Waals surface area contributed by atoms with Gasteiger partial charge in [0.2, 0.25) is 0 Å². The fraction of sp³-hybridized carbons (Fsp3) is 0.375. The van der Waals surface area contributed by atoms with Crippen molar-refractivity contribution in [2.75, 3.05) is 0 Å². The van der Waals surface area contributed by atoms with E-state index in [1.54, 1.807) is 18.7 Å². The average Bonchev–Trinajstić information content (AvgIpc) is 2.76. The Hall–Kier alpha value is -1.63. The number of aryl methyl sites for hydroxylation is 2. The minimum atomic E-state index is -0.0152. The summed E-state index contributed by atoms with van der Waals surface area (Å²) in [7, 11) is 1.76. The summed E-state index contributed by atoms with van der Waals surface area (Å²) in [6.07, 6.45) is 1.67. The number of rotatable bonds is 3. The molecule has 0 saturated carbocycles. The van der Waals surface area contributed by atoms with Crippen molar-refractivity contribution in [3.8, 4) is 0 Å². The normalized spacial score (nSPS) is 10.5. The van der Waals surface area contributed by atoms with Gasteiger partial charge in [0, 0.05) is 7.05 Å². The van der Waals surface area contributed by atoms with Gasteiger partial charge in [0.05, 0.1) is 12.1 Å². The van der Waals surface area contributed by atoms with Gasteiger partial charge in [-0.05, 0) is 18.5 Å². The topological polar surface area (TPSA) is 73.6 Å². The van der Waals surface area contributed by atoms with Gasteiger partial charge < -0.3 is 0 Å². The molecule has 0 fully saturated rings. The molecule has 15 heavy (non-hydrogen) atoms. The Balaban J connectivity index is 2.18. The molecule has 0 aliphatic rings. The Morgan fingerprint density at radius 1 is 1.60 bits per heavy atom. The van der Waals surface area contributed by atoms with Crippen molar-refractivity contribution in [2.24, 2.45) is 7.05 Å². The molecule has 0 aliphatic heterocycles. The first-order valence-corrected chi connectivity index (χ1v) is 5.11. The van der Waals surface area contributed by atoms with E-state index in [1.807, 2.05) is 0 Å². The van der Waals surface area contributed by atoms with Crippen LogP contribution in [0.25, 0.3) is 0 Å². The van der Waals surface area contributed by atoms with Crippen molar-refractivity contribution in [1.29, 1.82) is 0 Å². The van der Waals surface area contributed by atoms with E-state index in [4.69, 9.17) is 0 Å². The highest BCUT2D eigenvalue weighted by atomic mass is 32.1. The molecule has 2 heterocycles. The lowest BCUT2D eigenvalue weighted by molar-refractivity contribution is 0.0993. The summed E-state index contributed by atoms with van der Waals surface area (Å²) in [5.41, 5.74) is 0.673. The first-order chi connectivity index (χ1) is 7.18. The second-order valence-electron chi connectivity index (χ2n) is 3.09. The predicted molar refractivity (Wildman–Crippen MR) is 53.7 cm³/mol. The monoisotopic (exact) mass is 223 g/mol. The molecule has 0 radical (unpaired) electrons. The first-order valence-electron chi connectivity index (χ1n) is 4.33. The van der Waals surface area contributed by atoms with Crippen molar-refractivity contribution in [3.05, 3.63) is 22.7 Å². The molecule has 0 N–H and O–H groups in total. The summed E-state index contributed by atoms with van der Waals surface area (Å²) in [5.74, 6) is 0.631. The zero-order valence-electron chi connectivity index (χ0n) is 8.34. The van der Waals surface area contributed by atoms with Crippen LogP contribution >= 0.6 is 11.5 Å². The Bertz CT molecular complexity index is 489. The molecule has 0 atom stereocenters. The third-order valence-corrected chi connectivity index (χ3v) is 2.90. The van der Waals surface area contributed by atoms with Gasteiger partial charge in [-0.1, -0.05) is 4.49 Å². The number of nitrogens with zero attached hydrogens (tertiary/aromatic N) is 5. The molecular formula is C8H9N5OS. The smallest absolute Gasteiger partial charge is 0.183 e. The second-order valence-corrected chi connectivity index (χ2v) is 3.84. The van der Waals surface area contributed by atoms with Gasteiger partial charge in [-0.15, -0.1) is 5.10 Å². The van der Waals surface area contributed by atoms with Gasteiger partial charge in [-0.2, -0.15) is 5.10 Å². The maximum absolute atomic E-state index is 11.8. The summed E-state index contributed by atoms with van der Waals surface area (Å²) in [6.45, 7) is 1.77. The highest BCUT2D eigenvalue weighted by Crippen LogP contribution is 2.12. The largest absolute Gasteiger partial charge is 0.293 e. The quantitative estimate of drug-likeness (QED) is 0.704. The van der Waals surface area contributed by atoms with E-state index >= 15 is 0 Å². The lowest BCUT2D eigenvalue weighted by Crippen LogP contribution is -2.08. The lowest BCUT2D eigenvalue weighted by atomic mass is 10.2. The summed E-state index contributed by atoms with van der Waals surface area (Å²) >= 11 is 1.12. The number of aromatic nitrogens is 5. The third-order valence-electron chi connectivity index (χ3n) is 2.03. The van der Waals surface area contributed by atoms with E-state index in [1.165, 1.54) is 6.33 Å². The maximum atomic E-state index is 11.8. The molecule has 0 amide bonds. The Morgan fingerprint density at radius 2 is 2.40 bits per heavy atom. The molecule has 78 valence electrons. The lowest BCUT2D eigenvalue weighted by Gasteiger charge is -1.97. The zero-order chi connectivity index (χ0) is 10.8. The van der Waals surface area contributed by atoms with Gasteiger partial charge in [0.15, 0.2) is 5.78 Å². The van der Waals surface area contributed by atoms with Crippen LogP contribution in [0.4, 0.5) is 0 Å². The van der Waals surface area contributed by atoms with Crippen molar-refractivity contribution < 1.29 is 4.79 Å². The second kappa shape index (κ2) is 3.85. The maximum Gasteiger partial charge on any atom is 0.183 e. The first kappa shape index (κ1) is 9.91.